The van der Waals surface area contributed by atoms with Gasteiger partial charge in [0.05, 0.1) is 0 Å². The number of hydrogen-bond donors (Lipinski definition) is 1. The predicted octanol–water partition coefficient (Wildman–Crippen LogP) is 2.92. The first-order valence-electron chi connectivity index (χ1n) is 6.48. The lowest BCUT2D eigenvalue weighted by Crippen LogP contribution is -2.24. The summed E-state index contributed by atoms with van der Waals surface area (Å²) in [6, 6.07) is 0. The Balaban J connectivity index is 1.87. The smallest absolute Gasteiger partial charge is 0.0476 e. The summed E-state index contributed by atoms with van der Waals surface area (Å²) >= 11 is 2.11. The first-order valence-corrected chi connectivity index (χ1v) is 7.53. The van der Waals surface area contributed by atoms with Gasteiger partial charge in [-0.3, -0.25) is 0 Å². The summed E-state index contributed by atoms with van der Waals surface area (Å²) in [6.07, 6.45) is 3.74. The Morgan fingerprint density at radius 1 is 1.19 bits per heavy atom. The minimum Gasteiger partial charge on any atom is -0.381 e. The van der Waals surface area contributed by atoms with Crippen molar-refractivity contribution >= 4 is 11.8 Å². The fraction of sp³-hybridized carbons (Fsp3) is 1.00. The van der Waals surface area contributed by atoms with Crippen LogP contribution in [0.15, 0.2) is 0 Å². The van der Waals surface area contributed by atoms with Crippen molar-refractivity contribution in [3.05, 3.63) is 0 Å². The highest BCUT2D eigenvalue weighted by Gasteiger charge is 2.13. The average molecular weight is 245 g/mol. The van der Waals surface area contributed by atoms with Crippen molar-refractivity contribution in [2.24, 2.45) is 5.41 Å². The third-order valence-corrected chi connectivity index (χ3v) is 4.24. The van der Waals surface area contributed by atoms with Crippen LogP contribution in [0.3, 0.4) is 0 Å². The molecule has 3 heteroatoms. The highest BCUT2D eigenvalue weighted by molar-refractivity contribution is 7.99. The van der Waals surface area contributed by atoms with Crippen molar-refractivity contribution in [1.82, 2.24) is 5.32 Å². The van der Waals surface area contributed by atoms with Gasteiger partial charge in [0.15, 0.2) is 0 Å². The molecule has 1 fully saturated rings. The average Bonchev–Trinajstić information content (AvgIpc) is 2.23. The molecule has 0 unspecified atom stereocenters. The summed E-state index contributed by atoms with van der Waals surface area (Å²) in [6.45, 7) is 11.1. The standard InChI is InChI=1S/C13H27NOS/c1-13(2,3)6-7-14-8-11-16-12-4-9-15-10-5-12/h12,14H,4-11H2,1-3H3. The second-order valence-electron chi connectivity index (χ2n) is 5.74. The van der Waals surface area contributed by atoms with Crippen LogP contribution >= 0.6 is 11.8 Å². The number of rotatable bonds is 6. The van der Waals surface area contributed by atoms with E-state index in [1.165, 1.54) is 25.0 Å². The fourth-order valence-electron chi connectivity index (χ4n) is 1.73. The van der Waals surface area contributed by atoms with Crippen LogP contribution in [-0.4, -0.2) is 37.3 Å². The summed E-state index contributed by atoms with van der Waals surface area (Å²) in [5, 5.41) is 4.37. The molecule has 1 aliphatic rings. The Hall–Kier alpha value is 0.270. The molecule has 0 aliphatic carbocycles. The van der Waals surface area contributed by atoms with Gasteiger partial charge in [-0.2, -0.15) is 11.8 Å². The summed E-state index contributed by atoms with van der Waals surface area (Å²) in [5.41, 5.74) is 0.459. The van der Waals surface area contributed by atoms with E-state index in [4.69, 9.17) is 4.74 Å². The van der Waals surface area contributed by atoms with Gasteiger partial charge >= 0.3 is 0 Å². The van der Waals surface area contributed by atoms with Gasteiger partial charge in [-0.05, 0) is 31.2 Å². The van der Waals surface area contributed by atoms with Gasteiger partial charge in [0.1, 0.15) is 0 Å². The first kappa shape index (κ1) is 14.3. The third kappa shape index (κ3) is 7.53. The quantitative estimate of drug-likeness (QED) is 0.727. The molecular weight excluding hydrogens is 218 g/mol. The zero-order valence-corrected chi connectivity index (χ0v) is 11.9. The fourth-order valence-corrected chi connectivity index (χ4v) is 2.85. The van der Waals surface area contributed by atoms with E-state index in [0.29, 0.717) is 5.41 Å². The number of hydrogen-bond acceptors (Lipinski definition) is 3. The van der Waals surface area contributed by atoms with Crippen molar-refractivity contribution in [3.8, 4) is 0 Å². The Morgan fingerprint density at radius 2 is 1.88 bits per heavy atom. The second kappa shape index (κ2) is 7.57. The molecule has 1 N–H and O–H groups in total. The molecule has 0 aromatic carbocycles. The topological polar surface area (TPSA) is 21.3 Å². The molecule has 0 saturated carbocycles. The molecule has 0 spiro atoms. The van der Waals surface area contributed by atoms with E-state index in [2.05, 4.69) is 37.8 Å². The number of ether oxygens (including phenoxy) is 1. The Bertz CT molecular complexity index is 173. The Morgan fingerprint density at radius 3 is 2.50 bits per heavy atom. The van der Waals surface area contributed by atoms with Crippen LogP contribution in [-0.2, 0) is 4.74 Å². The van der Waals surface area contributed by atoms with Crippen molar-refractivity contribution in [3.63, 3.8) is 0 Å². The highest BCUT2D eigenvalue weighted by atomic mass is 32.2. The van der Waals surface area contributed by atoms with Crippen molar-refractivity contribution < 1.29 is 4.74 Å². The van der Waals surface area contributed by atoms with Crippen molar-refractivity contribution in [1.29, 1.82) is 0 Å². The van der Waals surface area contributed by atoms with Crippen LogP contribution in [0.4, 0.5) is 0 Å². The maximum Gasteiger partial charge on any atom is 0.0476 e. The van der Waals surface area contributed by atoms with Crippen LogP contribution < -0.4 is 5.32 Å². The van der Waals surface area contributed by atoms with Crippen LogP contribution in [0.2, 0.25) is 0 Å². The van der Waals surface area contributed by atoms with Gasteiger partial charge in [-0.1, -0.05) is 20.8 Å². The van der Waals surface area contributed by atoms with E-state index >= 15 is 0 Å². The van der Waals surface area contributed by atoms with E-state index in [1.54, 1.807) is 0 Å². The molecule has 0 radical (unpaired) electrons. The van der Waals surface area contributed by atoms with Crippen molar-refractivity contribution in [2.45, 2.75) is 45.3 Å². The predicted molar refractivity (Wildman–Crippen MR) is 73.2 cm³/mol. The molecule has 16 heavy (non-hydrogen) atoms. The van der Waals surface area contributed by atoms with E-state index in [9.17, 15) is 0 Å². The molecule has 0 atom stereocenters. The van der Waals surface area contributed by atoms with Gasteiger partial charge in [-0.15, -0.1) is 0 Å². The largest absolute Gasteiger partial charge is 0.381 e. The number of nitrogens with one attached hydrogen (secondary N) is 1. The number of thioether (sulfide) groups is 1. The third-order valence-electron chi connectivity index (χ3n) is 2.85. The lowest BCUT2D eigenvalue weighted by atomic mass is 9.92. The molecule has 0 aromatic rings. The molecule has 1 aliphatic heterocycles. The molecule has 1 rings (SSSR count). The lowest BCUT2D eigenvalue weighted by Gasteiger charge is -2.22. The zero-order valence-electron chi connectivity index (χ0n) is 11.1. The van der Waals surface area contributed by atoms with E-state index in [1.807, 2.05) is 0 Å². The maximum absolute atomic E-state index is 5.35. The van der Waals surface area contributed by atoms with E-state index < -0.39 is 0 Å². The van der Waals surface area contributed by atoms with Gasteiger partial charge in [0.2, 0.25) is 0 Å². The van der Waals surface area contributed by atoms with Gasteiger partial charge in [0, 0.05) is 30.8 Å². The van der Waals surface area contributed by atoms with Crippen LogP contribution in [0.25, 0.3) is 0 Å². The SMILES string of the molecule is CC(C)(C)CCNCCSC1CCOCC1. The molecule has 0 amide bonds. The molecule has 0 bridgehead atoms. The summed E-state index contributed by atoms with van der Waals surface area (Å²) < 4.78 is 5.35. The molecule has 2 nitrogen and oxygen atoms in total. The monoisotopic (exact) mass is 245 g/mol. The van der Waals surface area contributed by atoms with Crippen LogP contribution in [0.1, 0.15) is 40.0 Å². The minimum atomic E-state index is 0.459. The van der Waals surface area contributed by atoms with Gasteiger partial charge in [0.25, 0.3) is 0 Å². The molecular formula is C13H27NOS. The molecule has 1 heterocycles. The Labute approximate surface area is 105 Å². The Kier molecular flexibility index (Phi) is 6.78. The highest BCUT2D eigenvalue weighted by Crippen LogP contribution is 2.21. The minimum absolute atomic E-state index is 0.459. The molecule has 96 valence electrons. The van der Waals surface area contributed by atoms with Crippen LogP contribution in [0.5, 0.6) is 0 Å². The lowest BCUT2D eigenvalue weighted by molar-refractivity contribution is 0.100. The van der Waals surface area contributed by atoms with E-state index in [0.717, 1.165) is 31.6 Å². The maximum atomic E-state index is 5.35. The van der Waals surface area contributed by atoms with Crippen LogP contribution in [0, 0.1) is 5.41 Å². The summed E-state index contributed by atoms with van der Waals surface area (Å²) in [4.78, 5) is 0. The zero-order chi connectivity index (χ0) is 11.9. The normalized spacial score (nSPS) is 18.9. The van der Waals surface area contributed by atoms with Gasteiger partial charge < -0.3 is 10.1 Å². The summed E-state index contributed by atoms with van der Waals surface area (Å²) in [7, 11) is 0. The second-order valence-corrected chi connectivity index (χ2v) is 7.15. The van der Waals surface area contributed by atoms with E-state index in [-0.39, 0.29) is 0 Å². The van der Waals surface area contributed by atoms with Crippen molar-refractivity contribution in [2.75, 3.05) is 32.1 Å². The summed E-state index contributed by atoms with van der Waals surface area (Å²) in [5.74, 6) is 1.24. The molecule has 0 aromatic heterocycles. The molecule has 1 saturated heterocycles. The van der Waals surface area contributed by atoms with Gasteiger partial charge in [-0.25, -0.2) is 0 Å². The first-order chi connectivity index (χ1) is 7.58.